The molecule has 22 heavy (non-hydrogen) atoms. The van der Waals surface area contributed by atoms with Gasteiger partial charge in [-0.1, -0.05) is 73.3 Å². The second-order valence-corrected chi connectivity index (χ2v) is 16.6. The molecular weight excluding hydrogens is 284 g/mol. The number of rotatable bonds is 3. The Labute approximate surface area is 139 Å². The molecule has 0 radical (unpaired) electrons. The average Bonchev–Trinajstić information content (AvgIpc) is 2.26. The summed E-state index contributed by atoms with van der Waals surface area (Å²) in [4.78, 5) is 0. The Morgan fingerprint density at radius 3 is 2.09 bits per heavy atom. The molecule has 3 aliphatic rings. The van der Waals surface area contributed by atoms with Crippen LogP contribution in [0.25, 0.3) is 0 Å². The third-order valence-electron chi connectivity index (χ3n) is 6.56. The van der Waals surface area contributed by atoms with Crippen LogP contribution in [0.15, 0.2) is 12.2 Å². The first kappa shape index (κ1) is 18.3. The maximum Gasteiger partial charge on any atom is 0.0743 e. The highest BCUT2D eigenvalue weighted by molar-refractivity contribution is 6.76. The first-order valence-electron chi connectivity index (χ1n) is 9.04. The number of aliphatic hydroxyl groups is 1. The molecule has 0 aromatic rings. The Bertz CT molecular complexity index is 479. The minimum atomic E-state index is -1.31. The largest absolute Gasteiger partial charge is 0.389 e. The Morgan fingerprint density at radius 1 is 1.23 bits per heavy atom. The fraction of sp³-hybridized carbons (Fsp3) is 0.900. The third kappa shape index (κ3) is 2.28. The standard InChI is InChI=1S/C20H38OSi/c1-11-19(21)12-18(6,7)15-14(2)20(19,13-22(8,9)10)16(15)17(3,4)5/h15-16,21H,2,11-13H2,1,3-10H3/t15-,16-,19-,20+/m0/s1. The maximum absolute atomic E-state index is 11.8. The van der Waals surface area contributed by atoms with Crippen molar-refractivity contribution in [2.24, 2.45) is 28.1 Å². The fourth-order valence-electron chi connectivity index (χ4n) is 6.30. The predicted octanol–water partition coefficient (Wildman–Crippen LogP) is 5.73. The Morgan fingerprint density at radius 2 is 1.73 bits per heavy atom. The van der Waals surface area contributed by atoms with E-state index in [9.17, 15) is 5.11 Å². The minimum Gasteiger partial charge on any atom is -0.389 e. The van der Waals surface area contributed by atoms with Crippen LogP contribution in [-0.2, 0) is 0 Å². The van der Waals surface area contributed by atoms with E-state index >= 15 is 0 Å². The van der Waals surface area contributed by atoms with Gasteiger partial charge in [0.25, 0.3) is 0 Å². The fourth-order valence-corrected chi connectivity index (χ4v) is 8.75. The van der Waals surface area contributed by atoms with Gasteiger partial charge < -0.3 is 5.11 Å². The maximum atomic E-state index is 11.8. The highest BCUT2D eigenvalue weighted by Crippen LogP contribution is 2.78. The summed E-state index contributed by atoms with van der Waals surface area (Å²) < 4.78 is 0. The highest BCUT2D eigenvalue weighted by atomic mass is 28.3. The molecule has 2 heteroatoms. The summed E-state index contributed by atoms with van der Waals surface area (Å²) in [5.74, 6) is 1.11. The van der Waals surface area contributed by atoms with Crippen LogP contribution < -0.4 is 0 Å². The summed E-state index contributed by atoms with van der Waals surface area (Å²) in [6.45, 7) is 25.9. The van der Waals surface area contributed by atoms with E-state index in [4.69, 9.17) is 0 Å². The Hall–Kier alpha value is -0.0831. The van der Waals surface area contributed by atoms with Gasteiger partial charge in [0.15, 0.2) is 0 Å². The molecule has 2 bridgehead atoms. The van der Waals surface area contributed by atoms with Crippen LogP contribution in [0.4, 0.5) is 0 Å². The van der Waals surface area contributed by atoms with E-state index in [0.29, 0.717) is 11.8 Å². The molecule has 3 fully saturated rings. The van der Waals surface area contributed by atoms with Crippen molar-refractivity contribution < 1.29 is 5.11 Å². The highest BCUT2D eigenvalue weighted by Gasteiger charge is 2.75. The van der Waals surface area contributed by atoms with Gasteiger partial charge in [0.2, 0.25) is 0 Å². The van der Waals surface area contributed by atoms with Gasteiger partial charge in [-0.05, 0) is 41.6 Å². The molecule has 4 atom stereocenters. The summed E-state index contributed by atoms with van der Waals surface area (Å²) in [6.07, 6.45) is 1.77. The van der Waals surface area contributed by atoms with E-state index in [1.807, 2.05) is 0 Å². The topological polar surface area (TPSA) is 20.2 Å². The van der Waals surface area contributed by atoms with Crippen LogP contribution in [-0.4, -0.2) is 18.8 Å². The van der Waals surface area contributed by atoms with Gasteiger partial charge in [0.05, 0.1) is 5.60 Å². The van der Waals surface area contributed by atoms with Crippen molar-refractivity contribution in [3.05, 3.63) is 12.2 Å². The quantitative estimate of drug-likeness (QED) is 0.519. The molecule has 1 N–H and O–H groups in total. The summed E-state index contributed by atoms with van der Waals surface area (Å²) in [7, 11) is -1.31. The SMILES string of the molecule is C=C1[C@H]2[C@@H](C(C)(C)C)[C@]1(C[Si](C)(C)C)[C@](O)(CC)CC2(C)C. The summed E-state index contributed by atoms with van der Waals surface area (Å²) in [5, 5.41) is 11.8. The average molecular weight is 323 g/mol. The molecule has 3 rings (SSSR count). The monoisotopic (exact) mass is 322 g/mol. The smallest absolute Gasteiger partial charge is 0.0743 e. The molecule has 0 unspecified atom stereocenters. The first-order valence-corrected chi connectivity index (χ1v) is 12.7. The molecule has 0 amide bonds. The van der Waals surface area contributed by atoms with Crippen molar-refractivity contribution in [1.82, 2.24) is 0 Å². The van der Waals surface area contributed by atoms with Gasteiger partial charge >= 0.3 is 0 Å². The van der Waals surface area contributed by atoms with Gasteiger partial charge in [0.1, 0.15) is 0 Å². The number of hydrogen-bond acceptors (Lipinski definition) is 1. The van der Waals surface area contributed by atoms with E-state index in [1.165, 1.54) is 11.6 Å². The normalized spacial score (nSPS) is 41.3. The Kier molecular flexibility index (Phi) is 3.92. The van der Waals surface area contributed by atoms with Crippen LogP contribution in [0.3, 0.4) is 0 Å². The number of fused-ring (bicyclic) bond motifs is 2. The zero-order valence-electron chi connectivity index (χ0n) is 16.4. The first-order chi connectivity index (χ1) is 9.62. The molecule has 0 aromatic heterocycles. The molecule has 128 valence electrons. The molecule has 1 nitrogen and oxygen atoms in total. The second kappa shape index (κ2) is 4.72. The van der Waals surface area contributed by atoms with Gasteiger partial charge in [0, 0.05) is 13.5 Å². The van der Waals surface area contributed by atoms with Gasteiger partial charge in [-0.2, -0.15) is 0 Å². The van der Waals surface area contributed by atoms with E-state index in [1.54, 1.807) is 0 Å². The molecule has 3 aliphatic carbocycles. The van der Waals surface area contributed by atoms with Crippen LogP contribution in [0.5, 0.6) is 0 Å². The zero-order valence-corrected chi connectivity index (χ0v) is 17.4. The van der Waals surface area contributed by atoms with Crippen molar-refractivity contribution >= 4 is 8.07 Å². The van der Waals surface area contributed by atoms with Crippen LogP contribution >= 0.6 is 0 Å². The van der Waals surface area contributed by atoms with E-state index < -0.39 is 13.7 Å². The minimum absolute atomic E-state index is 0.0509. The summed E-state index contributed by atoms with van der Waals surface area (Å²) >= 11 is 0. The van der Waals surface area contributed by atoms with Crippen LogP contribution in [0.2, 0.25) is 25.7 Å². The summed E-state index contributed by atoms with van der Waals surface area (Å²) in [6, 6.07) is 1.18. The zero-order chi connectivity index (χ0) is 17.4. The van der Waals surface area contributed by atoms with Crippen LogP contribution in [0.1, 0.15) is 54.4 Å². The van der Waals surface area contributed by atoms with E-state index in [0.717, 1.165) is 12.8 Å². The molecule has 0 saturated heterocycles. The predicted molar refractivity (Wildman–Crippen MR) is 99.8 cm³/mol. The molecule has 3 saturated carbocycles. The van der Waals surface area contributed by atoms with Gasteiger partial charge in [-0.3, -0.25) is 0 Å². The van der Waals surface area contributed by atoms with Gasteiger partial charge in [-0.25, -0.2) is 0 Å². The lowest BCUT2D eigenvalue weighted by molar-refractivity contribution is -0.251. The Balaban J connectivity index is 2.65. The van der Waals surface area contributed by atoms with E-state index in [-0.39, 0.29) is 16.2 Å². The lowest BCUT2D eigenvalue weighted by atomic mass is 9.30. The molecule has 0 aliphatic heterocycles. The van der Waals surface area contributed by atoms with Gasteiger partial charge in [-0.15, -0.1) is 0 Å². The molecular formula is C20H38OSi. The van der Waals surface area contributed by atoms with Crippen molar-refractivity contribution in [3.8, 4) is 0 Å². The molecule has 0 aromatic carbocycles. The second-order valence-electron chi connectivity index (χ2n) is 11.1. The lowest BCUT2D eigenvalue weighted by Gasteiger charge is -2.77. The molecule has 0 spiro atoms. The number of hydrogen-bond donors (Lipinski definition) is 1. The van der Waals surface area contributed by atoms with Crippen LogP contribution in [0, 0.1) is 28.1 Å². The lowest BCUT2D eigenvalue weighted by Crippen LogP contribution is -2.75. The van der Waals surface area contributed by atoms with Crippen molar-refractivity contribution in [2.45, 2.75) is 85.7 Å². The van der Waals surface area contributed by atoms with Crippen molar-refractivity contribution in [2.75, 3.05) is 0 Å². The summed E-state index contributed by atoms with van der Waals surface area (Å²) in [5.41, 5.74) is 1.11. The van der Waals surface area contributed by atoms with Crippen molar-refractivity contribution in [3.63, 3.8) is 0 Å². The van der Waals surface area contributed by atoms with Crippen molar-refractivity contribution in [1.29, 1.82) is 0 Å². The van der Waals surface area contributed by atoms with E-state index in [2.05, 4.69) is 67.8 Å². The third-order valence-corrected chi connectivity index (χ3v) is 8.18. The molecule has 0 heterocycles.